The topological polar surface area (TPSA) is 112 Å². The lowest BCUT2D eigenvalue weighted by Gasteiger charge is -2.26. The van der Waals surface area contributed by atoms with Crippen LogP contribution < -0.4 is 15.2 Å². The van der Waals surface area contributed by atoms with Gasteiger partial charge in [-0.25, -0.2) is 4.39 Å². The maximum absolute atomic E-state index is 14.9. The van der Waals surface area contributed by atoms with E-state index in [1.165, 1.54) is 18.2 Å². The van der Waals surface area contributed by atoms with E-state index in [1.54, 1.807) is 42.6 Å². The molecule has 188 valence electrons. The first-order valence-electron chi connectivity index (χ1n) is 11.7. The number of carbonyl (C=O) groups is 2. The molecule has 0 bridgehead atoms. The Balaban J connectivity index is 1.59. The van der Waals surface area contributed by atoms with E-state index >= 15 is 0 Å². The van der Waals surface area contributed by atoms with Crippen molar-refractivity contribution in [2.45, 2.75) is 25.0 Å². The van der Waals surface area contributed by atoms with E-state index in [0.717, 1.165) is 10.8 Å². The third-order valence-electron chi connectivity index (χ3n) is 6.54. The number of carbonyl (C=O) groups excluding carboxylic acids is 1. The van der Waals surface area contributed by atoms with Gasteiger partial charge in [-0.15, -0.1) is 0 Å². The van der Waals surface area contributed by atoms with Gasteiger partial charge in [-0.05, 0) is 41.1 Å². The Bertz CT molecular complexity index is 1510. The lowest BCUT2D eigenvalue weighted by Crippen LogP contribution is -2.48. The van der Waals surface area contributed by atoms with Crippen LogP contribution in [0.5, 0.6) is 5.75 Å². The van der Waals surface area contributed by atoms with Gasteiger partial charge in [0.15, 0.2) is 6.23 Å². The SMILES string of the molecule is COc1cc(-c2ccccc2F)c2c(c1)N(NC(=O)c1cc3ccccc3cn1)C(O)C2CCC(=O)O. The third kappa shape index (κ3) is 4.56. The number of hydrogen-bond acceptors (Lipinski definition) is 6. The highest BCUT2D eigenvalue weighted by Crippen LogP contribution is 2.49. The number of pyridine rings is 1. The third-order valence-corrected chi connectivity index (χ3v) is 6.54. The summed E-state index contributed by atoms with van der Waals surface area (Å²) < 4.78 is 20.3. The molecular weight excluding hydrogens is 477 g/mol. The second-order valence-corrected chi connectivity index (χ2v) is 8.77. The Hall–Kier alpha value is -4.50. The van der Waals surface area contributed by atoms with Crippen LogP contribution in [0.25, 0.3) is 21.9 Å². The Morgan fingerprint density at radius 2 is 1.78 bits per heavy atom. The zero-order valence-electron chi connectivity index (χ0n) is 19.9. The lowest BCUT2D eigenvalue weighted by atomic mass is 9.87. The summed E-state index contributed by atoms with van der Waals surface area (Å²) in [5, 5.41) is 23.6. The molecule has 1 aromatic heterocycles. The molecule has 2 unspecified atom stereocenters. The van der Waals surface area contributed by atoms with Crippen LogP contribution in [0.1, 0.15) is 34.8 Å². The Kier molecular flexibility index (Phi) is 6.45. The van der Waals surface area contributed by atoms with Crippen molar-refractivity contribution in [3.05, 3.63) is 90.0 Å². The summed E-state index contributed by atoms with van der Waals surface area (Å²) in [6.45, 7) is 0. The van der Waals surface area contributed by atoms with E-state index < -0.39 is 29.8 Å². The number of hydrogen-bond donors (Lipinski definition) is 3. The van der Waals surface area contributed by atoms with Crippen molar-refractivity contribution in [1.29, 1.82) is 0 Å². The number of benzene rings is 3. The number of halogens is 1. The van der Waals surface area contributed by atoms with E-state index in [4.69, 9.17) is 4.74 Å². The fourth-order valence-corrected chi connectivity index (χ4v) is 4.77. The molecule has 2 atom stereocenters. The molecule has 0 radical (unpaired) electrons. The molecule has 0 spiro atoms. The van der Waals surface area contributed by atoms with Crippen LogP contribution in [0.3, 0.4) is 0 Å². The standard InChI is InChI=1S/C28H24FN3O5/c1-37-18-13-21(19-8-4-5-9-22(19)29)26-20(10-11-25(33)34)28(36)32(24(26)14-18)31-27(35)23-12-16-6-2-3-7-17(16)15-30-23/h2-9,12-15,20,28,36H,10-11H2,1H3,(H,31,35)(H,33,34). The van der Waals surface area contributed by atoms with Gasteiger partial charge < -0.3 is 14.9 Å². The van der Waals surface area contributed by atoms with Gasteiger partial charge in [-0.1, -0.05) is 42.5 Å². The van der Waals surface area contributed by atoms with E-state index in [0.29, 0.717) is 22.6 Å². The lowest BCUT2D eigenvalue weighted by molar-refractivity contribution is -0.137. The van der Waals surface area contributed by atoms with Crippen LogP contribution in [-0.2, 0) is 4.79 Å². The van der Waals surface area contributed by atoms with Crippen molar-refractivity contribution in [3.63, 3.8) is 0 Å². The number of aromatic nitrogens is 1. The number of methoxy groups -OCH3 is 1. The first kappa shape index (κ1) is 24.2. The van der Waals surface area contributed by atoms with Crippen molar-refractivity contribution < 1.29 is 28.9 Å². The molecule has 0 aliphatic carbocycles. The van der Waals surface area contributed by atoms with E-state index in [2.05, 4.69) is 10.4 Å². The van der Waals surface area contributed by atoms with Crippen molar-refractivity contribution in [3.8, 4) is 16.9 Å². The average Bonchev–Trinajstić information content (AvgIpc) is 3.17. The number of anilines is 1. The molecule has 2 heterocycles. The number of nitrogens with one attached hydrogen (secondary N) is 1. The number of carboxylic acid groups (broad SMARTS) is 1. The smallest absolute Gasteiger partial charge is 0.303 e. The molecule has 1 aliphatic rings. The number of hydrazine groups is 1. The minimum Gasteiger partial charge on any atom is -0.497 e. The number of nitrogens with zero attached hydrogens (tertiary/aromatic N) is 2. The average molecular weight is 502 g/mol. The summed E-state index contributed by atoms with van der Waals surface area (Å²) in [6.07, 6.45) is 0.125. The quantitative estimate of drug-likeness (QED) is 0.342. The number of rotatable bonds is 7. The summed E-state index contributed by atoms with van der Waals surface area (Å²) in [5.41, 5.74) is 4.47. The number of aliphatic hydroxyl groups excluding tert-OH is 1. The maximum atomic E-state index is 14.9. The minimum atomic E-state index is -1.31. The summed E-state index contributed by atoms with van der Waals surface area (Å²) in [7, 11) is 1.46. The first-order valence-corrected chi connectivity index (χ1v) is 11.7. The van der Waals surface area contributed by atoms with Gasteiger partial charge in [-0.2, -0.15) is 0 Å². The van der Waals surface area contributed by atoms with Crippen LogP contribution in [0.4, 0.5) is 10.1 Å². The summed E-state index contributed by atoms with van der Waals surface area (Å²) >= 11 is 0. The highest BCUT2D eigenvalue weighted by molar-refractivity contribution is 5.97. The number of aliphatic hydroxyl groups is 1. The van der Waals surface area contributed by atoms with Gasteiger partial charge in [0.25, 0.3) is 5.91 Å². The van der Waals surface area contributed by atoms with E-state index in [1.807, 2.05) is 24.3 Å². The molecule has 0 saturated heterocycles. The van der Waals surface area contributed by atoms with Gasteiger partial charge >= 0.3 is 5.97 Å². The Morgan fingerprint density at radius 3 is 2.51 bits per heavy atom. The predicted octanol–water partition coefficient (Wildman–Crippen LogP) is 4.48. The summed E-state index contributed by atoms with van der Waals surface area (Å²) in [5.74, 6) is -2.42. The van der Waals surface area contributed by atoms with Crippen molar-refractivity contribution >= 4 is 28.3 Å². The fraction of sp³-hybridized carbons (Fsp3) is 0.179. The molecule has 0 fully saturated rings. The van der Waals surface area contributed by atoms with Crippen LogP contribution in [-0.4, -0.2) is 40.4 Å². The molecule has 5 rings (SSSR count). The fourth-order valence-electron chi connectivity index (χ4n) is 4.77. The highest BCUT2D eigenvalue weighted by Gasteiger charge is 2.41. The van der Waals surface area contributed by atoms with Crippen LogP contribution in [0.15, 0.2) is 72.9 Å². The number of amides is 1. The van der Waals surface area contributed by atoms with Crippen LogP contribution >= 0.6 is 0 Å². The molecule has 3 aromatic carbocycles. The largest absolute Gasteiger partial charge is 0.497 e. The maximum Gasteiger partial charge on any atom is 0.303 e. The summed E-state index contributed by atoms with van der Waals surface area (Å²) in [6, 6.07) is 18.6. The number of carboxylic acids is 1. The summed E-state index contributed by atoms with van der Waals surface area (Å²) in [4.78, 5) is 28.9. The zero-order valence-corrected chi connectivity index (χ0v) is 19.9. The van der Waals surface area contributed by atoms with Gasteiger partial charge in [-0.3, -0.25) is 25.0 Å². The van der Waals surface area contributed by atoms with Crippen LogP contribution in [0.2, 0.25) is 0 Å². The number of ether oxygens (including phenoxy) is 1. The minimum absolute atomic E-state index is 0.0673. The molecule has 3 N–H and O–H groups in total. The monoisotopic (exact) mass is 501 g/mol. The Morgan fingerprint density at radius 1 is 1.05 bits per heavy atom. The molecule has 9 heteroatoms. The predicted molar refractivity (Wildman–Crippen MR) is 136 cm³/mol. The molecule has 1 amide bonds. The van der Waals surface area contributed by atoms with Crippen molar-refractivity contribution in [2.75, 3.05) is 12.1 Å². The number of aliphatic carboxylic acids is 1. The van der Waals surface area contributed by atoms with Gasteiger partial charge in [0, 0.05) is 35.6 Å². The highest BCUT2D eigenvalue weighted by atomic mass is 19.1. The zero-order chi connectivity index (χ0) is 26.1. The molecule has 37 heavy (non-hydrogen) atoms. The molecule has 4 aromatic rings. The molecule has 1 aliphatic heterocycles. The molecular formula is C28H24FN3O5. The van der Waals surface area contributed by atoms with E-state index in [9.17, 15) is 24.2 Å². The first-order chi connectivity index (χ1) is 17.9. The second-order valence-electron chi connectivity index (χ2n) is 8.77. The second kappa shape index (κ2) is 9.87. The van der Waals surface area contributed by atoms with Gasteiger partial charge in [0.2, 0.25) is 0 Å². The normalized spacial score (nSPS) is 16.5. The van der Waals surface area contributed by atoms with Crippen molar-refractivity contribution in [1.82, 2.24) is 10.4 Å². The molecule has 8 nitrogen and oxygen atoms in total. The Labute approximate surface area is 211 Å². The van der Waals surface area contributed by atoms with Gasteiger partial charge in [0.1, 0.15) is 17.3 Å². The number of fused-ring (bicyclic) bond motifs is 2. The van der Waals surface area contributed by atoms with E-state index in [-0.39, 0.29) is 24.1 Å². The molecule has 0 saturated carbocycles. The van der Waals surface area contributed by atoms with Crippen molar-refractivity contribution in [2.24, 2.45) is 0 Å². The van der Waals surface area contributed by atoms with Crippen LogP contribution in [0, 0.1) is 5.82 Å². The van der Waals surface area contributed by atoms with Gasteiger partial charge in [0.05, 0.1) is 12.8 Å².